The molecule has 29 heavy (non-hydrogen) atoms. The van der Waals surface area contributed by atoms with Crippen molar-refractivity contribution in [2.24, 2.45) is 0 Å². The van der Waals surface area contributed by atoms with Crippen molar-refractivity contribution in [2.75, 3.05) is 12.4 Å². The van der Waals surface area contributed by atoms with E-state index in [4.69, 9.17) is 9.15 Å². The molecule has 0 spiro atoms. The van der Waals surface area contributed by atoms with Crippen LogP contribution in [0.4, 0.5) is 5.69 Å². The Morgan fingerprint density at radius 2 is 1.86 bits per heavy atom. The predicted molar refractivity (Wildman–Crippen MR) is 114 cm³/mol. The number of nitrogens with zero attached hydrogens (tertiary/aromatic N) is 1. The molecule has 0 bridgehead atoms. The van der Waals surface area contributed by atoms with E-state index in [0.717, 1.165) is 29.2 Å². The molecular weight excluding hydrogens is 364 g/mol. The lowest BCUT2D eigenvalue weighted by atomic mass is 10.1. The van der Waals surface area contributed by atoms with Gasteiger partial charge in [0, 0.05) is 35.9 Å². The molecule has 1 N–H and O–H groups in total. The van der Waals surface area contributed by atoms with Gasteiger partial charge in [0.15, 0.2) is 12.4 Å². The summed E-state index contributed by atoms with van der Waals surface area (Å²) in [7, 11) is 1.60. The minimum Gasteiger partial charge on any atom is -0.495 e. The van der Waals surface area contributed by atoms with E-state index in [2.05, 4.69) is 24.4 Å². The van der Waals surface area contributed by atoms with Gasteiger partial charge in [0.1, 0.15) is 16.9 Å². The normalized spacial score (nSPS) is 12.2. The average molecular weight is 389 g/mol. The number of nitrogens with one attached hydrogen (secondary N) is 1. The Morgan fingerprint density at radius 1 is 1.10 bits per heavy atom. The summed E-state index contributed by atoms with van der Waals surface area (Å²) in [6.07, 6.45) is 6.05. The van der Waals surface area contributed by atoms with Crippen molar-refractivity contribution >= 4 is 33.5 Å². The van der Waals surface area contributed by atoms with Gasteiger partial charge in [-0.1, -0.05) is 31.5 Å². The van der Waals surface area contributed by atoms with E-state index < -0.39 is 0 Å². The topological polar surface area (TPSA) is 55.3 Å². The van der Waals surface area contributed by atoms with Crippen LogP contribution in [0.3, 0.4) is 0 Å². The number of carbonyl (C=O) groups excluding carboxylic acids is 1. The molecule has 2 aromatic heterocycles. The van der Waals surface area contributed by atoms with E-state index >= 15 is 0 Å². The molecule has 5 nitrogen and oxygen atoms in total. The quantitative estimate of drug-likeness (QED) is 0.470. The minimum absolute atomic E-state index is 0.119. The van der Waals surface area contributed by atoms with Crippen LogP contribution in [-0.2, 0) is 11.2 Å². The molecule has 148 valence electrons. The number of ether oxygens (including phenoxy) is 1. The van der Waals surface area contributed by atoms with Crippen LogP contribution in [0.25, 0.3) is 21.9 Å². The summed E-state index contributed by atoms with van der Waals surface area (Å²) in [5.74, 6) is 0.486. The second-order valence-electron chi connectivity index (χ2n) is 7.22. The van der Waals surface area contributed by atoms with Gasteiger partial charge in [-0.2, -0.15) is 4.57 Å². The number of anilines is 1. The molecule has 0 aliphatic carbocycles. The first kappa shape index (κ1) is 19.0. The summed E-state index contributed by atoms with van der Waals surface area (Å²) in [6.45, 7) is 4.03. The van der Waals surface area contributed by atoms with Crippen LogP contribution in [0.2, 0.25) is 0 Å². The van der Waals surface area contributed by atoms with Crippen molar-refractivity contribution in [3.8, 4) is 5.75 Å². The largest absolute Gasteiger partial charge is 0.495 e. The Hall–Kier alpha value is -3.34. The molecule has 1 atom stereocenters. The first-order valence-electron chi connectivity index (χ1n) is 9.90. The number of methoxy groups -OCH3 is 1. The summed E-state index contributed by atoms with van der Waals surface area (Å²) in [6, 6.07) is 15.4. The Labute approximate surface area is 169 Å². The second-order valence-corrected chi connectivity index (χ2v) is 7.22. The molecule has 0 aliphatic heterocycles. The number of carbonyl (C=O) groups is 1. The maximum absolute atomic E-state index is 12.9. The van der Waals surface area contributed by atoms with E-state index in [9.17, 15) is 4.79 Å². The van der Waals surface area contributed by atoms with Crippen LogP contribution in [0.15, 0.2) is 65.3 Å². The number of fused-ring (bicyclic) bond motifs is 3. The van der Waals surface area contributed by atoms with Crippen molar-refractivity contribution < 1.29 is 18.5 Å². The number of aryl methyl sites for hydroxylation is 1. The highest BCUT2D eigenvalue weighted by atomic mass is 16.5. The highest BCUT2D eigenvalue weighted by Gasteiger charge is 2.23. The molecule has 0 radical (unpaired) electrons. The molecule has 2 aromatic carbocycles. The maximum atomic E-state index is 12.9. The first-order chi connectivity index (χ1) is 14.1. The fraction of sp³-hybridized carbons (Fsp3) is 0.250. The molecule has 0 saturated heterocycles. The molecule has 1 amide bonds. The summed E-state index contributed by atoms with van der Waals surface area (Å²) >= 11 is 0. The van der Waals surface area contributed by atoms with Crippen molar-refractivity contribution in [1.29, 1.82) is 0 Å². The summed E-state index contributed by atoms with van der Waals surface area (Å²) < 4.78 is 13.4. The van der Waals surface area contributed by atoms with Gasteiger partial charge in [-0.15, -0.1) is 0 Å². The van der Waals surface area contributed by atoms with Crippen molar-refractivity contribution in [3.05, 3.63) is 66.5 Å². The number of hydrogen-bond donors (Lipinski definition) is 1. The third-order valence-corrected chi connectivity index (χ3v) is 5.24. The zero-order chi connectivity index (χ0) is 20.4. The molecule has 0 saturated carbocycles. The van der Waals surface area contributed by atoms with E-state index in [1.165, 1.54) is 5.56 Å². The molecule has 0 unspecified atom stereocenters. The van der Waals surface area contributed by atoms with Crippen molar-refractivity contribution in [3.63, 3.8) is 0 Å². The van der Waals surface area contributed by atoms with Gasteiger partial charge in [-0.25, -0.2) is 0 Å². The highest BCUT2D eigenvalue weighted by Crippen LogP contribution is 2.36. The van der Waals surface area contributed by atoms with E-state index in [-0.39, 0.29) is 11.9 Å². The predicted octanol–water partition coefficient (Wildman–Crippen LogP) is 5.03. The van der Waals surface area contributed by atoms with Crippen molar-refractivity contribution in [1.82, 2.24) is 0 Å². The molecule has 4 rings (SSSR count). The summed E-state index contributed by atoms with van der Waals surface area (Å²) in [5.41, 5.74) is 3.39. The van der Waals surface area contributed by atoms with Crippen LogP contribution in [0.1, 0.15) is 31.9 Å². The zero-order valence-corrected chi connectivity index (χ0v) is 16.9. The first-order valence-corrected chi connectivity index (χ1v) is 9.90. The number of benzene rings is 2. The number of rotatable bonds is 6. The number of amides is 1. The van der Waals surface area contributed by atoms with Crippen molar-refractivity contribution in [2.45, 2.75) is 32.7 Å². The fourth-order valence-corrected chi connectivity index (χ4v) is 3.57. The Bertz CT molecular complexity index is 1160. The molecule has 5 heteroatoms. The fourth-order valence-electron chi connectivity index (χ4n) is 3.57. The van der Waals surface area contributed by atoms with Gasteiger partial charge < -0.3 is 14.5 Å². The Morgan fingerprint density at radius 3 is 2.59 bits per heavy atom. The van der Waals surface area contributed by atoms with Crippen LogP contribution in [0, 0.1) is 0 Å². The van der Waals surface area contributed by atoms with Gasteiger partial charge in [0.2, 0.25) is 6.04 Å². The maximum Gasteiger partial charge on any atom is 0.293 e. The average Bonchev–Trinajstić information content (AvgIpc) is 3.10. The Balaban J connectivity index is 1.62. The van der Waals surface area contributed by atoms with E-state index in [0.29, 0.717) is 17.0 Å². The Kier molecular flexibility index (Phi) is 5.21. The zero-order valence-electron chi connectivity index (χ0n) is 16.9. The lowest BCUT2D eigenvalue weighted by molar-refractivity contribution is -0.705. The van der Waals surface area contributed by atoms with Crippen LogP contribution < -0.4 is 14.6 Å². The number of furan rings is 1. The van der Waals surface area contributed by atoms with E-state index in [1.54, 1.807) is 7.11 Å². The number of aromatic nitrogens is 1. The SMILES string of the molecule is CCCc1cc[n+]([C@H](C)C(=O)Nc2cc3oc4ccccc4c3cc2OC)cc1. The monoisotopic (exact) mass is 389 g/mol. The lowest BCUT2D eigenvalue weighted by Crippen LogP contribution is -2.44. The number of hydrogen-bond acceptors (Lipinski definition) is 3. The van der Waals surface area contributed by atoms with Gasteiger partial charge in [0.05, 0.1) is 12.8 Å². The van der Waals surface area contributed by atoms with Crippen LogP contribution >= 0.6 is 0 Å². The molecule has 4 aromatic rings. The molecular formula is C24H25N2O3+. The smallest absolute Gasteiger partial charge is 0.293 e. The second kappa shape index (κ2) is 7.95. The standard InChI is InChI=1S/C24H24N2O3/c1-4-7-17-10-12-26(13-11-17)16(2)24(27)25-20-15-22-19(14-23(20)28-3)18-8-5-6-9-21(18)29-22/h5-6,8-16H,4,7H2,1-3H3/p+1/t16-/m1/s1. The third-order valence-electron chi connectivity index (χ3n) is 5.24. The molecule has 0 fully saturated rings. The van der Waals surface area contributed by atoms with Gasteiger partial charge in [-0.05, 0) is 24.1 Å². The summed E-state index contributed by atoms with van der Waals surface area (Å²) in [4.78, 5) is 12.9. The van der Waals surface area contributed by atoms with E-state index in [1.807, 2.05) is 60.3 Å². The lowest BCUT2D eigenvalue weighted by Gasteiger charge is -2.12. The number of pyridine rings is 1. The number of para-hydroxylation sites is 1. The van der Waals surface area contributed by atoms with Gasteiger partial charge in [-0.3, -0.25) is 4.79 Å². The highest BCUT2D eigenvalue weighted by molar-refractivity contribution is 6.07. The van der Waals surface area contributed by atoms with Gasteiger partial charge >= 0.3 is 0 Å². The van der Waals surface area contributed by atoms with Gasteiger partial charge in [0.25, 0.3) is 5.91 Å². The van der Waals surface area contributed by atoms with Crippen LogP contribution in [-0.4, -0.2) is 13.0 Å². The molecule has 0 aliphatic rings. The minimum atomic E-state index is -0.359. The molecule has 2 heterocycles. The summed E-state index contributed by atoms with van der Waals surface area (Å²) in [5, 5.41) is 4.98. The third kappa shape index (κ3) is 3.68. The van der Waals surface area contributed by atoms with Crippen LogP contribution in [0.5, 0.6) is 5.75 Å².